The third kappa shape index (κ3) is 7.84. The number of aliphatic carboxylic acids is 1. The molecule has 0 spiro atoms. The Morgan fingerprint density at radius 2 is 2.06 bits per heavy atom. The molecule has 0 radical (unpaired) electrons. The minimum absolute atomic E-state index is 0.259. The summed E-state index contributed by atoms with van der Waals surface area (Å²) >= 11 is 0. The van der Waals surface area contributed by atoms with E-state index in [9.17, 15) is 14.7 Å². The minimum Gasteiger partial charge on any atom is -0.550 e. The molecule has 0 unspecified atom stereocenters. The van der Waals surface area contributed by atoms with Crippen LogP contribution in [0.25, 0.3) is 0 Å². The fourth-order valence-electron chi connectivity index (χ4n) is 1.07. The molecule has 5 heteroatoms. The van der Waals surface area contributed by atoms with Crippen molar-refractivity contribution in [1.29, 1.82) is 0 Å². The van der Waals surface area contributed by atoms with Crippen LogP contribution in [0, 0.1) is 0 Å². The first-order valence-corrected chi connectivity index (χ1v) is 5.05. The van der Waals surface area contributed by atoms with Crippen LogP contribution < -0.4 is 10.4 Å². The van der Waals surface area contributed by atoms with Gasteiger partial charge in [-0.1, -0.05) is 6.08 Å². The molecule has 0 aliphatic rings. The molecule has 0 aromatic carbocycles. The van der Waals surface area contributed by atoms with Crippen molar-refractivity contribution in [2.24, 2.45) is 0 Å². The van der Waals surface area contributed by atoms with Crippen LogP contribution in [0.15, 0.2) is 12.7 Å². The van der Waals surface area contributed by atoms with E-state index in [-0.39, 0.29) is 6.42 Å². The number of rotatable bonds is 5. The van der Waals surface area contributed by atoms with E-state index < -0.39 is 23.7 Å². The zero-order chi connectivity index (χ0) is 12.8. The molecule has 0 aromatic rings. The number of carboxylic acid groups (broad SMARTS) is 1. The maximum absolute atomic E-state index is 11.3. The van der Waals surface area contributed by atoms with Crippen LogP contribution in [-0.2, 0) is 9.53 Å². The normalized spacial score (nSPS) is 12.7. The fourth-order valence-corrected chi connectivity index (χ4v) is 1.07. The van der Waals surface area contributed by atoms with Crippen molar-refractivity contribution in [2.75, 3.05) is 0 Å². The van der Waals surface area contributed by atoms with Gasteiger partial charge in [-0.15, -0.1) is 6.58 Å². The Kier molecular flexibility index (Phi) is 5.56. The Morgan fingerprint density at radius 3 is 2.44 bits per heavy atom. The molecular formula is C11H18NO4-. The lowest BCUT2D eigenvalue weighted by Gasteiger charge is -2.23. The van der Waals surface area contributed by atoms with E-state index >= 15 is 0 Å². The summed E-state index contributed by atoms with van der Waals surface area (Å²) in [5.74, 6) is -1.22. The van der Waals surface area contributed by atoms with Crippen molar-refractivity contribution in [3.05, 3.63) is 12.7 Å². The number of ether oxygens (including phenoxy) is 1. The van der Waals surface area contributed by atoms with Crippen LogP contribution in [0.3, 0.4) is 0 Å². The Bertz CT molecular complexity index is 268. The van der Waals surface area contributed by atoms with E-state index in [0.717, 1.165) is 0 Å². The number of hydrogen-bond acceptors (Lipinski definition) is 4. The minimum atomic E-state index is -1.22. The van der Waals surface area contributed by atoms with Gasteiger partial charge in [-0.05, 0) is 27.2 Å². The highest BCUT2D eigenvalue weighted by Crippen LogP contribution is 2.08. The molecular weight excluding hydrogens is 210 g/mol. The van der Waals surface area contributed by atoms with Crippen LogP contribution in [0.2, 0.25) is 0 Å². The lowest BCUT2D eigenvalue weighted by molar-refractivity contribution is -0.306. The number of amides is 1. The van der Waals surface area contributed by atoms with Crippen molar-refractivity contribution < 1.29 is 19.4 Å². The first-order valence-electron chi connectivity index (χ1n) is 5.05. The zero-order valence-corrected chi connectivity index (χ0v) is 9.91. The molecule has 0 saturated carbocycles. The smallest absolute Gasteiger partial charge is 0.407 e. The Morgan fingerprint density at radius 1 is 1.50 bits per heavy atom. The highest BCUT2D eigenvalue weighted by atomic mass is 16.6. The summed E-state index contributed by atoms with van der Waals surface area (Å²) in [6.45, 7) is 8.67. The molecule has 1 atom stereocenters. The molecule has 1 N–H and O–H groups in total. The molecule has 0 aliphatic heterocycles. The van der Waals surface area contributed by atoms with E-state index in [4.69, 9.17) is 4.74 Å². The summed E-state index contributed by atoms with van der Waals surface area (Å²) in [5, 5.41) is 12.9. The predicted octanol–water partition coefficient (Wildman–Crippen LogP) is 0.596. The number of carbonyl (C=O) groups excluding carboxylic acids is 2. The number of hydrogen-bond donors (Lipinski definition) is 1. The summed E-state index contributed by atoms with van der Waals surface area (Å²) in [6, 6.07) is -0.544. The van der Waals surface area contributed by atoms with E-state index in [1.54, 1.807) is 20.8 Å². The molecule has 0 aromatic heterocycles. The molecule has 16 heavy (non-hydrogen) atoms. The number of carboxylic acids is 1. The lowest BCUT2D eigenvalue weighted by Crippen LogP contribution is -2.42. The molecule has 0 saturated heterocycles. The molecule has 0 heterocycles. The van der Waals surface area contributed by atoms with Gasteiger partial charge < -0.3 is 20.0 Å². The van der Waals surface area contributed by atoms with Gasteiger partial charge in [0.2, 0.25) is 0 Å². The van der Waals surface area contributed by atoms with Crippen LogP contribution >= 0.6 is 0 Å². The van der Waals surface area contributed by atoms with Crippen LogP contribution in [-0.4, -0.2) is 23.7 Å². The van der Waals surface area contributed by atoms with Gasteiger partial charge in [0.25, 0.3) is 0 Å². The molecule has 0 fully saturated rings. The van der Waals surface area contributed by atoms with Gasteiger partial charge in [0.05, 0.1) is 0 Å². The summed E-state index contributed by atoms with van der Waals surface area (Å²) in [7, 11) is 0. The van der Waals surface area contributed by atoms with Crippen molar-refractivity contribution in [3.8, 4) is 0 Å². The zero-order valence-electron chi connectivity index (χ0n) is 9.91. The van der Waals surface area contributed by atoms with Gasteiger partial charge in [0.1, 0.15) is 5.60 Å². The molecule has 0 rings (SSSR count). The SMILES string of the molecule is C=CC[C@H](CC(=O)[O-])NC(=O)OC(C)(C)C. The largest absolute Gasteiger partial charge is 0.550 e. The average molecular weight is 228 g/mol. The van der Waals surface area contributed by atoms with Gasteiger partial charge in [0, 0.05) is 18.4 Å². The number of alkyl carbamates (subject to hydrolysis) is 1. The highest BCUT2D eigenvalue weighted by molar-refractivity contribution is 5.70. The molecule has 1 amide bonds. The Labute approximate surface area is 95.5 Å². The quantitative estimate of drug-likeness (QED) is 0.699. The van der Waals surface area contributed by atoms with Crippen molar-refractivity contribution >= 4 is 12.1 Å². The third-order valence-corrected chi connectivity index (χ3v) is 1.59. The van der Waals surface area contributed by atoms with Gasteiger partial charge in [-0.3, -0.25) is 0 Å². The summed E-state index contributed by atoms with van der Waals surface area (Å²) in [4.78, 5) is 21.8. The first-order chi connectivity index (χ1) is 7.24. The van der Waals surface area contributed by atoms with Gasteiger partial charge in [0.15, 0.2) is 0 Å². The summed E-state index contributed by atoms with van der Waals surface area (Å²) in [5.41, 5.74) is -0.607. The fraction of sp³-hybridized carbons (Fsp3) is 0.636. The standard InChI is InChI=1S/C11H19NO4/c1-5-6-8(7-9(13)14)12-10(15)16-11(2,3)4/h5,8H,1,6-7H2,2-4H3,(H,12,15)(H,13,14)/p-1/t8-/m1/s1. The van der Waals surface area contributed by atoms with E-state index in [1.165, 1.54) is 6.08 Å². The molecule has 0 bridgehead atoms. The lowest BCUT2D eigenvalue weighted by atomic mass is 10.1. The average Bonchev–Trinajstić information content (AvgIpc) is 1.98. The van der Waals surface area contributed by atoms with Crippen LogP contribution in [0.5, 0.6) is 0 Å². The van der Waals surface area contributed by atoms with E-state index in [1.807, 2.05) is 0 Å². The number of nitrogens with one attached hydrogen (secondary N) is 1. The Balaban J connectivity index is 4.22. The molecule has 0 aliphatic carbocycles. The van der Waals surface area contributed by atoms with Crippen molar-refractivity contribution in [2.45, 2.75) is 45.3 Å². The highest BCUT2D eigenvalue weighted by Gasteiger charge is 2.18. The third-order valence-electron chi connectivity index (χ3n) is 1.59. The maximum Gasteiger partial charge on any atom is 0.407 e. The molecule has 5 nitrogen and oxygen atoms in total. The van der Waals surface area contributed by atoms with Gasteiger partial charge >= 0.3 is 6.09 Å². The second-order valence-corrected chi connectivity index (χ2v) is 4.44. The topological polar surface area (TPSA) is 78.5 Å². The maximum atomic E-state index is 11.3. The summed E-state index contributed by atoms with van der Waals surface area (Å²) in [6.07, 6.45) is 0.990. The van der Waals surface area contributed by atoms with Crippen molar-refractivity contribution in [1.82, 2.24) is 5.32 Å². The first kappa shape index (κ1) is 14.5. The molecule has 92 valence electrons. The predicted molar refractivity (Wildman–Crippen MR) is 57.6 cm³/mol. The second kappa shape index (κ2) is 6.15. The van der Waals surface area contributed by atoms with Gasteiger partial charge in [-0.2, -0.15) is 0 Å². The van der Waals surface area contributed by atoms with Crippen LogP contribution in [0.1, 0.15) is 33.6 Å². The monoisotopic (exact) mass is 228 g/mol. The van der Waals surface area contributed by atoms with Crippen molar-refractivity contribution in [3.63, 3.8) is 0 Å². The Hall–Kier alpha value is -1.52. The van der Waals surface area contributed by atoms with E-state index in [0.29, 0.717) is 6.42 Å². The summed E-state index contributed by atoms with van der Waals surface area (Å²) < 4.78 is 5.00. The van der Waals surface area contributed by atoms with E-state index in [2.05, 4.69) is 11.9 Å². The number of carbonyl (C=O) groups is 2. The second-order valence-electron chi connectivity index (χ2n) is 4.44. The van der Waals surface area contributed by atoms with Gasteiger partial charge in [-0.25, -0.2) is 4.79 Å². The van der Waals surface area contributed by atoms with Crippen LogP contribution in [0.4, 0.5) is 4.79 Å².